The van der Waals surface area contributed by atoms with Gasteiger partial charge in [-0.25, -0.2) is 9.59 Å². The van der Waals surface area contributed by atoms with Crippen LogP contribution >= 0.6 is 11.3 Å². The summed E-state index contributed by atoms with van der Waals surface area (Å²) in [6.45, 7) is 11.1. The number of ether oxygens (including phenoxy) is 4. The summed E-state index contributed by atoms with van der Waals surface area (Å²) in [4.78, 5) is 47.3. The predicted molar refractivity (Wildman–Crippen MR) is 178 cm³/mol. The lowest BCUT2D eigenvalue weighted by molar-refractivity contribution is 0.0364. The number of urea groups is 1. The first kappa shape index (κ1) is 34.1. The fourth-order valence-electron chi connectivity index (χ4n) is 5.23. The average molecular weight is 666 g/mol. The number of hydrogen-bond donors (Lipinski definition) is 2. The number of rotatable bonds is 13. The number of nitrogens with zero attached hydrogens (tertiary/aromatic N) is 3. The predicted octanol–water partition coefficient (Wildman–Crippen LogP) is 5.12. The molecule has 13 heteroatoms. The lowest BCUT2D eigenvalue weighted by atomic mass is 10.1. The Hall–Kier alpha value is -4.20. The van der Waals surface area contributed by atoms with Gasteiger partial charge < -0.3 is 29.2 Å². The molecule has 1 aromatic carbocycles. The normalized spacial score (nSPS) is 14.4. The molecule has 3 amide bonds. The highest BCUT2D eigenvalue weighted by molar-refractivity contribution is 7.08. The molecular formula is C34H43N5O7S. The highest BCUT2D eigenvalue weighted by Gasteiger charge is 2.20. The Kier molecular flexibility index (Phi) is 11.7. The Morgan fingerprint density at radius 2 is 1.83 bits per heavy atom. The third-order valence-electron chi connectivity index (χ3n) is 7.63. The summed E-state index contributed by atoms with van der Waals surface area (Å²) >= 11 is 1.39. The second-order valence-electron chi connectivity index (χ2n) is 12.5. The number of benzene rings is 1. The monoisotopic (exact) mass is 665 g/mol. The number of carbonyl (C=O) groups excluding carboxylic acids is 3. The Bertz CT molecular complexity index is 1520. The molecule has 12 nitrogen and oxygen atoms in total. The number of carbonyl (C=O) groups is 3. The summed E-state index contributed by atoms with van der Waals surface area (Å²) in [5, 5.41) is 9.40. The summed E-state index contributed by atoms with van der Waals surface area (Å²) in [5.41, 5.74) is 2.80. The van der Waals surface area contributed by atoms with E-state index in [1.165, 1.54) is 11.3 Å². The van der Waals surface area contributed by atoms with E-state index in [4.69, 9.17) is 18.9 Å². The van der Waals surface area contributed by atoms with Gasteiger partial charge in [0.05, 0.1) is 18.9 Å². The molecule has 47 heavy (non-hydrogen) atoms. The van der Waals surface area contributed by atoms with Crippen molar-refractivity contribution in [3.63, 3.8) is 0 Å². The molecule has 252 valence electrons. The van der Waals surface area contributed by atoms with Crippen LogP contribution in [-0.4, -0.2) is 91.0 Å². The second kappa shape index (κ2) is 16.1. The third-order valence-corrected chi connectivity index (χ3v) is 8.43. The second-order valence-corrected chi connectivity index (χ2v) is 13.2. The maximum Gasteiger partial charge on any atom is 0.412 e. The Labute approximate surface area is 279 Å². The van der Waals surface area contributed by atoms with Crippen LogP contribution in [0.5, 0.6) is 11.5 Å². The van der Waals surface area contributed by atoms with Gasteiger partial charge in [-0.3, -0.25) is 20.0 Å². The Balaban J connectivity index is 1.16. The van der Waals surface area contributed by atoms with Crippen LogP contribution in [0, 0.1) is 0 Å². The maximum absolute atomic E-state index is 13.4. The molecule has 3 aromatic rings. The van der Waals surface area contributed by atoms with Gasteiger partial charge in [0.2, 0.25) is 6.79 Å². The van der Waals surface area contributed by atoms with Crippen molar-refractivity contribution in [3.8, 4) is 11.5 Å². The number of ketones is 1. The first-order valence-electron chi connectivity index (χ1n) is 15.9. The van der Waals surface area contributed by atoms with Crippen molar-refractivity contribution in [2.45, 2.75) is 52.2 Å². The van der Waals surface area contributed by atoms with E-state index < -0.39 is 11.7 Å². The van der Waals surface area contributed by atoms with Crippen molar-refractivity contribution in [2.24, 2.45) is 0 Å². The SMILES string of the molecule is CC(C)(C)OC(=O)Nc1cscc1CC(=O)c1ccc(CN(CCCN2CCOCC2)C(=O)NCCc2ccc3c(c2)OCO3)cn1. The van der Waals surface area contributed by atoms with Gasteiger partial charge in [0, 0.05) is 57.3 Å². The number of nitrogens with one attached hydrogen (secondary N) is 2. The van der Waals surface area contributed by atoms with Gasteiger partial charge >= 0.3 is 12.1 Å². The van der Waals surface area contributed by atoms with E-state index in [0.717, 1.165) is 61.9 Å². The smallest absolute Gasteiger partial charge is 0.412 e. The molecule has 1 fully saturated rings. The zero-order valence-electron chi connectivity index (χ0n) is 27.2. The van der Waals surface area contributed by atoms with Crippen LogP contribution in [0.15, 0.2) is 47.3 Å². The van der Waals surface area contributed by atoms with E-state index in [2.05, 4.69) is 20.5 Å². The minimum absolute atomic E-state index is 0.0837. The van der Waals surface area contributed by atoms with Gasteiger partial charge in [0.25, 0.3) is 0 Å². The molecule has 0 unspecified atom stereocenters. The molecule has 0 saturated carbocycles. The maximum atomic E-state index is 13.4. The highest BCUT2D eigenvalue weighted by atomic mass is 32.1. The Morgan fingerprint density at radius 1 is 1.04 bits per heavy atom. The number of fused-ring (bicyclic) bond motifs is 1. The van der Waals surface area contributed by atoms with Crippen molar-refractivity contribution in [1.82, 2.24) is 20.1 Å². The van der Waals surface area contributed by atoms with E-state index >= 15 is 0 Å². The lowest BCUT2D eigenvalue weighted by Gasteiger charge is -2.28. The van der Waals surface area contributed by atoms with Crippen LogP contribution in [-0.2, 0) is 28.9 Å². The number of Topliss-reactive ketones (excluding diaryl/α,β-unsaturated/α-hetero) is 1. The summed E-state index contributed by atoms with van der Waals surface area (Å²) in [7, 11) is 0. The third kappa shape index (κ3) is 10.4. The number of hydrogen-bond acceptors (Lipinski definition) is 10. The molecule has 4 heterocycles. The number of thiophene rings is 1. The Morgan fingerprint density at radius 3 is 2.60 bits per heavy atom. The van der Waals surface area contributed by atoms with E-state index in [1.807, 2.05) is 29.6 Å². The molecule has 1 saturated heterocycles. The largest absolute Gasteiger partial charge is 0.454 e. The first-order valence-corrected chi connectivity index (χ1v) is 16.8. The number of pyridine rings is 1. The molecule has 0 atom stereocenters. The van der Waals surface area contributed by atoms with Gasteiger partial charge in [-0.1, -0.05) is 12.1 Å². The molecule has 5 rings (SSSR count). The van der Waals surface area contributed by atoms with Crippen molar-refractivity contribution in [3.05, 3.63) is 69.7 Å². The van der Waals surface area contributed by atoms with Gasteiger partial charge in [0.15, 0.2) is 17.3 Å². The molecule has 2 aliphatic rings. The van der Waals surface area contributed by atoms with Crippen LogP contribution in [0.2, 0.25) is 0 Å². The number of anilines is 1. The zero-order chi connectivity index (χ0) is 33.2. The topological polar surface area (TPSA) is 132 Å². The first-order chi connectivity index (χ1) is 22.6. The van der Waals surface area contributed by atoms with E-state index in [9.17, 15) is 14.4 Å². The fraction of sp³-hybridized carbons (Fsp3) is 0.471. The van der Waals surface area contributed by atoms with Gasteiger partial charge in [-0.05, 0) is 73.9 Å². The van der Waals surface area contributed by atoms with Gasteiger partial charge in [0.1, 0.15) is 11.3 Å². The fourth-order valence-corrected chi connectivity index (χ4v) is 6.02. The zero-order valence-corrected chi connectivity index (χ0v) is 28.0. The average Bonchev–Trinajstić information content (AvgIpc) is 3.69. The van der Waals surface area contributed by atoms with E-state index in [1.54, 1.807) is 43.3 Å². The molecule has 2 aromatic heterocycles. The summed E-state index contributed by atoms with van der Waals surface area (Å²) < 4.78 is 21.7. The number of aromatic nitrogens is 1. The molecule has 0 radical (unpaired) electrons. The summed E-state index contributed by atoms with van der Waals surface area (Å²) in [6.07, 6.45) is 2.63. The van der Waals surface area contributed by atoms with Gasteiger partial charge in [-0.15, -0.1) is 11.3 Å². The lowest BCUT2D eigenvalue weighted by Crippen LogP contribution is -2.42. The summed E-state index contributed by atoms with van der Waals surface area (Å²) in [6, 6.07) is 9.18. The van der Waals surface area contributed by atoms with Crippen LogP contribution in [0.1, 0.15) is 54.4 Å². The molecule has 0 spiro atoms. The minimum atomic E-state index is -0.630. The standard InChI is InChI=1S/C34H43N5O7S/c1-34(2,3)46-33(42)37-28-22-47-21-26(28)18-29(40)27-7-5-25(19-36-27)20-39(12-4-11-38-13-15-43-16-14-38)32(41)35-10-9-24-6-8-30-31(17-24)45-23-44-30/h5-8,17,19,21-22H,4,9-16,18,20,23H2,1-3H3,(H,35,41)(H,37,42). The minimum Gasteiger partial charge on any atom is -0.454 e. The van der Waals surface area contributed by atoms with E-state index in [-0.39, 0.29) is 25.0 Å². The van der Waals surface area contributed by atoms with Crippen molar-refractivity contribution < 1.29 is 33.3 Å². The summed E-state index contributed by atoms with van der Waals surface area (Å²) in [5.74, 6) is 1.28. The molecule has 2 aliphatic heterocycles. The van der Waals surface area contributed by atoms with Crippen LogP contribution in [0.3, 0.4) is 0 Å². The highest BCUT2D eigenvalue weighted by Crippen LogP contribution is 2.32. The van der Waals surface area contributed by atoms with Crippen molar-refractivity contribution in [1.29, 1.82) is 0 Å². The molecular weight excluding hydrogens is 622 g/mol. The quantitative estimate of drug-likeness (QED) is 0.239. The van der Waals surface area contributed by atoms with Crippen LogP contribution in [0.25, 0.3) is 0 Å². The van der Waals surface area contributed by atoms with Crippen molar-refractivity contribution in [2.75, 3.05) is 58.0 Å². The van der Waals surface area contributed by atoms with Crippen molar-refractivity contribution >= 4 is 34.9 Å². The molecule has 0 aliphatic carbocycles. The number of amides is 3. The number of morpholine rings is 1. The molecule has 2 N–H and O–H groups in total. The van der Waals surface area contributed by atoms with Gasteiger partial charge in [-0.2, -0.15) is 0 Å². The van der Waals surface area contributed by atoms with Crippen LogP contribution < -0.4 is 20.1 Å². The van der Waals surface area contributed by atoms with E-state index in [0.29, 0.717) is 43.0 Å². The van der Waals surface area contributed by atoms with Crippen LogP contribution in [0.4, 0.5) is 15.3 Å². The molecule has 0 bridgehead atoms.